The molecule has 7 nitrogen and oxygen atoms in total. The lowest BCUT2D eigenvalue weighted by Crippen LogP contribution is -2.13. The normalized spacial score (nSPS) is 9.84. The van der Waals surface area contributed by atoms with Gasteiger partial charge in [-0.05, 0) is 24.4 Å². The molecule has 0 saturated carbocycles. The molecule has 0 amide bonds. The van der Waals surface area contributed by atoms with E-state index in [0.29, 0.717) is 5.56 Å². The zero-order valence-electron chi connectivity index (χ0n) is 9.34. The topological polar surface area (TPSA) is 116 Å². The minimum Gasteiger partial charge on any atom is -0.331 e. The Hall–Kier alpha value is -2.79. The lowest BCUT2D eigenvalue weighted by atomic mass is 10.1. The minimum absolute atomic E-state index is 0.0781. The number of benzene rings is 1. The van der Waals surface area contributed by atoms with Crippen molar-refractivity contribution >= 4 is 17.9 Å². The summed E-state index contributed by atoms with van der Waals surface area (Å²) in [4.78, 5) is 26.6. The van der Waals surface area contributed by atoms with Crippen LogP contribution in [0.3, 0.4) is 0 Å². The van der Waals surface area contributed by atoms with E-state index < -0.39 is 10.5 Å². The number of nitrogens with one attached hydrogen (secondary N) is 2. The van der Waals surface area contributed by atoms with Crippen LogP contribution in [-0.4, -0.2) is 14.9 Å². The van der Waals surface area contributed by atoms with Crippen molar-refractivity contribution in [2.45, 2.75) is 0 Å². The first kappa shape index (κ1) is 12.7. The molecule has 0 fully saturated rings. The maximum Gasteiger partial charge on any atom is 0.270 e. The van der Waals surface area contributed by atoms with Crippen molar-refractivity contribution < 1.29 is 4.92 Å². The molecule has 94 valence electrons. The van der Waals surface area contributed by atoms with Crippen LogP contribution >= 0.6 is 12.2 Å². The Morgan fingerprint density at radius 2 is 1.89 bits per heavy atom. The van der Waals surface area contributed by atoms with Crippen molar-refractivity contribution in [3.63, 3.8) is 0 Å². The van der Waals surface area contributed by atoms with Gasteiger partial charge in [0.1, 0.15) is 11.6 Å². The molecule has 0 aliphatic rings. The Balaban J connectivity index is 2.66. The second kappa shape index (κ2) is 4.83. The number of nitriles is 1. The second-order valence-electron chi connectivity index (χ2n) is 3.57. The number of nitro benzene ring substituents is 1. The predicted molar refractivity (Wildman–Crippen MR) is 69.1 cm³/mol. The Morgan fingerprint density at radius 1 is 1.26 bits per heavy atom. The average molecular weight is 274 g/mol. The first-order valence-electron chi connectivity index (χ1n) is 5.04. The van der Waals surface area contributed by atoms with E-state index in [0.717, 1.165) is 0 Å². The van der Waals surface area contributed by atoms with Crippen LogP contribution in [0, 0.1) is 26.2 Å². The van der Waals surface area contributed by atoms with E-state index in [1.54, 1.807) is 6.07 Å². The quantitative estimate of drug-likeness (QED) is 0.492. The van der Waals surface area contributed by atoms with Crippen LogP contribution in [-0.2, 0) is 0 Å². The third kappa shape index (κ3) is 2.41. The fourth-order valence-electron chi connectivity index (χ4n) is 1.56. The highest BCUT2D eigenvalue weighted by Gasteiger charge is 2.11. The van der Waals surface area contributed by atoms with E-state index in [1.165, 1.54) is 24.3 Å². The van der Waals surface area contributed by atoms with Gasteiger partial charge in [0, 0.05) is 17.7 Å². The molecule has 1 aromatic heterocycles. The van der Waals surface area contributed by atoms with Crippen molar-refractivity contribution in [3.8, 4) is 17.3 Å². The molecule has 2 rings (SSSR count). The summed E-state index contributed by atoms with van der Waals surface area (Å²) in [6, 6.07) is 7.23. The molecule has 0 aliphatic heterocycles. The maximum atomic E-state index is 11.6. The van der Waals surface area contributed by atoms with E-state index in [-0.39, 0.29) is 21.7 Å². The lowest BCUT2D eigenvalue weighted by molar-refractivity contribution is -0.384. The van der Waals surface area contributed by atoms with E-state index >= 15 is 0 Å². The Labute approximate surface area is 111 Å². The van der Waals surface area contributed by atoms with Crippen molar-refractivity contribution in [1.82, 2.24) is 9.97 Å². The summed E-state index contributed by atoms with van der Waals surface area (Å²) in [5, 5.41) is 19.5. The van der Waals surface area contributed by atoms with Gasteiger partial charge >= 0.3 is 0 Å². The van der Waals surface area contributed by atoms with E-state index in [1.807, 2.05) is 0 Å². The van der Waals surface area contributed by atoms with E-state index in [2.05, 4.69) is 9.97 Å². The summed E-state index contributed by atoms with van der Waals surface area (Å²) < 4.78 is 0.0809. The van der Waals surface area contributed by atoms with Crippen LogP contribution in [0.2, 0.25) is 0 Å². The molecule has 8 heteroatoms. The largest absolute Gasteiger partial charge is 0.331 e. The van der Waals surface area contributed by atoms with Gasteiger partial charge in [0.15, 0.2) is 4.77 Å². The standard InChI is InChI=1S/C11H6N4O3S/c12-5-8-9(13-11(19)14-10(8)16)6-1-3-7(4-2-6)15(17)18/h1-4H,(H2,13,14,16,19). The van der Waals surface area contributed by atoms with Gasteiger partial charge in [0.2, 0.25) is 0 Å². The summed E-state index contributed by atoms with van der Waals surface area (Å²) >= 11 is 4.83. The molecule has 19 heavy (non-hydrogen) atoms. The molecule has 0 atom stereocenters. The van der Waals surface area contributed by atoms with Crippen molar-refractivity contribution in [2.75, 3.05) is 0 Å². The van der Waals surface area contributed by atoms with Gasteiger partial charge in [-0.15, -0.1) is 0 Å². The summed E-state index contributed by atoms with van der Waals surface area (Å²) in [7, 11) is 0. The van der Waals surface area contributed by atoms with Gasteiger partial charge in [0.05, 0.1) is 10.6 Å². The number of hydrogen-bond donors (Lipinski definition) is 2. The molecule has 0 aliphatic carbocycles. The van der Waals surface area contributed by atoms with Crippen LogP contribution in [0.5, 0.6) is 0 Å². The van der Waals surface area contributed by atoms with Crippen LogP contribution in [0.1, 0.15) is 5.56 Å². The Kier molecular flexibility index (Phi) is 3.22. The number of non-ortho nitro benzene ring substituents is 1. The van der Waals surface area contributed by atoms with Crippen molar-refractivity contribution in [1.29, 1.82) is 5.26 Å². The molecule has 0 spiro atoms. The Bertz CT molecular complexity index is 798. The molecule has 1 heterocycles. The number of nitro groups is 1. The predicted octanol–water partition coefficient (Wildman–Crippen LogP) is 1.88. The molecule has 0 unspecified atom stereocenters. The first-order chi connectivity index (χ1) is 9.02. The van der Waals surface area contributed by atoms with Crippen LogP contribution in [0.25, 0.3) is 11.3 Å². The van der Waals surface area contributed by atoms with Gasteiger partial charge in [-0.25, -0.2) is 0 Å². The number of H-pyrrole nitrogens is 2. The SMILES string of the molecule is N#Cc1c(-c2ccc([N+](=O)[O-])cc2)[nH]c(=S)[nH]c1=O. The van der Waals surface area contributed by atoms with Crippen LogP contribution < -0.4 is 5.56 Å². The highest BCUT2D eigenvalue weighted by molar-refractivity contribution is 7.71. The zero-order chi connectivity index (χ0) is 14.0. The number of nitrogens with zero attached hydrogens (tertiary/aromatic N) is 2. The zero-order valence-corrected chi connectivity index (χ0v) is 10.2. The first-order valence-corrected chi connectivity index (χ1v) is 5.45. The fraction of sp³-hybridized carbons (Fsp3) is 0. The molecule has 1 aromatic carbocycles. The summed E-state index contributed by atoms with van der Waals surface area (Å²) in [5.41, 5.74) is -0.0850. The maximum absolute atomic E-state index is 11.6. The third-order valence-electron chi connectivity index (χ3n) is 2.42. The van der Waals surface area contributed by atoms with Gasteiger partial charge < -0.3 is 4.98 Å². The lowest BCUT2D eigenvalue weighted by Gasteiger charge is -2.03. The highest BCUT2D eigenvalue weighted by Crippen LogP contribution is 2.21. The molecule has 0 bridgehead atoms. The summed E-state index contributed by atoms with van der Waals surface area (Å²) in [5.74, 6) is 0. The Morgan fingerprint density at radius 3 is 2.42 bits per heavy atom. The minimum atomic E-state index is -0.598. The summed E-state index contributed by atoms with van der Waals surface area (Å²) in [6.45, 7) is 0. The van der Waals surface area contributed by atoms with Crippen molar-refractivity contribution in [2.24, 2.45) is 0 Å². The van der Waals surface area contributed by atoms with Crippen molar-refractivity contribution in [3.05, 3.63) is 55.1 Å². The molecule has 0 saturated heterocycles. The summed E-state index contributed by atoms with van der Waals surface area (Å²) in [6.07, 6.45) is 0. The van der Waals surface area contributed by atoms with Gasteiger partial charge in [-0.2, -0.15) is 5.26 Å². The van der Waals surface area contributed by atoms with Gasteiger partial charge in [0.25, 0.3) is 11.2 Å². The number of rotatable bonds is 2. The monoisotopic (exact) mass is 274 g/mol. The molecular formula is C11H6N4O3S. The van der Waals surface area contributed by atoms with E-state index in [9.17, 15) is 14.9 Å². The average Bonchev–Trinajstić information content (AvgIpc) is 2.38. The number of aromatic nitrogens is 2. The van der Waals surface area contributed by atoms with Gasteiger partial charge in [-0.1, -0.05) is 0 Å². The van der Waals surface area contributed by atoms with Crippen LogP contribution in [0.15, 0.2) is 29.1 Å². The molecular weight excluding hydrogens is 268 g/mol. The molecule has 2 aromatic rings. The molecule has 2 N–H and O–H groups in total. The third-order valence-corrected chi connectivity index (χ3v) is 2.63. The molecule has 0 radical (unpaired) electrons. The number of hydrogen-bond acceptors (Lipinski definition) is 5. The number of aromatic amines is 2. The van der Waals surface area contributed by atoms with Crippen LogP contribution in [0.4, 0.5) is 5.69 Å². The fourth-order valence-corrected chi connectivity index (χ4v) is 1.75. The highest BCUT2D eigenvalue weighted by atomic mass is 32.1. The smallest absolute Gasteiger partial charge is 0.270 e. The second-order valence-corrected chi connectivity index (χ2v) is 3.98. The van der Waals surface area contributed by atoms with Gasteiger partial charge in [-0.3, -0.25) is 19.9 Å². The van der Waals surface area contributed by atoms with E-state index in [4.69, 9.17) is 17.5 Å².